The summed E-state index contributed by atoms with van der Waals surface area (Å²) in [6, 6.07) is 0. The van der Waals surface area contributed by atoms with Crippen LogP contribution in [0.5, 0.6) is 0 Å². The third-order valence-corrected chi connectivity index (χ3v) is 4.46. The first-order valence-corrected chi connectivity index (χ1v) is 7.14. The minimum Gasteiger partial charge on any atom is -0.461 e. The number of ether oxygens (including phenoxy) is 1. The largest absolute Gasteiger partial charge is 0.461 e. The Labute approximate surface area is 110 Å². The van der Waals surface area contributed by atoms with Gasteiger partial charge in [-0.25, -0.2) is 9.78 Å². The third kappa shape index (κ3) is 2.61. The fraction of sp³-hybridized carbons (Fsp3) is 0.615. The zero-order valence-corrected chi connectivity index (χ0v) is 11.5. The van der Waals surface area contributed by atoms with Crippen LogP contribution in [0.2, 0.25) is 0 Å². The second-order valence-corrected chi connectivity index (χ2v) is 5.52. The van der Waals surface area contributed by atoms with Crippen LogP contribution in [-0.2, 0) is 4.74 Å². The van der Waals surface area contributed by atoms with Crippen molar-refractivity contribution in [3.8, 4) is 0 Å². The lowest BCUT2D eigenvalue weighted by Crippen LogP contribution is -2.09. The number of Topliss-reactive ketones (excluding diaryl/α,β-unsaturated/α-hetero) is 1. The molecule has 4 nitrogen and oxygen atoms in total. The average molecular weight is 267 g/mol. The summed E-state index contributed by atoms with van der Waals surface area (Å²) in [4.78, 5) is 28.1. The number of rotatable bonds is 4. The van der Waals surface area contributed by atoms with Gasteiger partial charge in [0.1, 0.15) is 4.88 Å². The highest BCUT2D eigenvalue weighted by molar-refractivity contribution is 7.14. The Kier molecular flexibility index (Phi) is 4.11. The summed E-state index contributed by atoms with van der Waals surface area (Å²) >= 11 is 1.36. The van der Waals surface area contributed by atoms with Crippen molar-refractivity contribution < 1.29 is 14.3 Å². The second-order valence-electron chi connectivity index (χ2n) is 4.49. The van der Waals surface area contributed by atoms with E-state index in [9.17, 15) is 9.59 Å². The highest BCUT2D eigenvalue weighted by Crippen LogP contribution is 2.37. The minimum absolute atomic E-state index is 0.111. The number of nitrogens with zero attached hydrogens (tertiary/aromatic N) is 1. The molecule has 0 aliphatic heterocycles. The van der Waals surface area contributed by atoms with Crippen LogP contribution in [0.3, 0.4) is 0 Å². The highest BCUT2D eigenvalue weighted by atomic mass is 32.1. The topological polar surface area (TPSA) is 56.3 Å². The van der Waals surface area contributed by atoms with Gasteiger partial charge >= 0.3 is 5.97 Å². The van der Waals surface area contributed by atoms with Crippen molar-refractivity contribution in [1.29, 1.82) is 0 Å². The molecule has 0 saturated heterocycles. The smallest absolute Gasteiger partial charge is 0.358 e. The fourth-order valence-corrected chi connectivity index (χ4v) is 3.38. The Balaban J connectivity index is 2.31. The maximum atomic E-state index is 11.8. The molecule has 18 heavy (non-hydrogen) atoms. The van der Waals surface area contributed by atoms with Gasteiger partial charge < -0.3 is 4.74 Å². The van der Waals surface area contributed by atoms with Gasteiger partial charge in [0.15, 0.2) is 11.5 Å². The zero-order valence-electron chi connectivity index (χ0n) is 10.7. The minimum atomic E-state index is -0.483. The van der Waals surface area contributed by atoms with Gasteiger partial charge in [0.25, 0.3) is 0 Å². The Morgan fingerprint density at radius 3 is 2.61 bits per heavy atom. The molecule has 0 amide bonds. The van der Waals surface area contributed by atoms with E-state index in [1.807, 2.05) is 0 Å². The first kappa shape index (κ1) is 13.2. The summed E-state index contributed by atoms with van der Waals surface area (Å²) in [5, 5.41) is 0.917. The Morgan fingerprint density at radius 1 is 1.39 bits per heavy atom. The van der Waals surface area contributed by atoms with Gasteiger partial charge in [0.2, 0.25) is 0 Å². The summed E-state index contributed by atoms with van der Waals surface area (Å²) in [6.07, 6.45) is 4.61. The highest BCUT2D eigenvalue weighted by Gasteiger charge is 2.27. The summed E-state index contributed by atoms with van der Waals surface area (Å²) in [6.45, 7) is 3.51. The van der Waals surface area contributed by atoms with Gasteiger partial charge in [-0.15, -0.1) is 11.3 Å². The first-order chi connectivity index (χ1) is 8.63. The van der Waals surface area contributed by atoms with Crippen molar-refractivity contribution in [2.75, 3.05) is 6.61 Å². The molecule has 2 rings (SSSR count). The zero-order chi connectivity index (χ0) is 13.1. The molecule has 1 aromatic heterocycles. The standard InChI is InChI=1S/C13H17NO3S/c1-3-17-13(16)10-11(8(2)15)18-12(14-10)9-6-4-5-7-9/h9H,3-7H2,1-2H3. The molecule has 1 aromatic rings. The van der Waals surface area contributed by atoms with Crippen molar-refractivity contribution in [3.63, 3.8) is 0 Å². The number of hydrogen-bond acceptors (Lipinski definition) is 5. The predicted molar refractivity (Wildman–Crippen MR) is 69.3 cm³/mol. The van der Waals surface area contributed by atoms with E-state index in [-0.39, 0.29) is 11.5 Å². The fourth-order valence-electron chi connectivity index (χ4n) is 2.26. The monoisotopic (exact) mass is 267 g/mol. The van der Waals surface area contributed by atoms with Crippen LogP contribution in [0.4, 0.5) is 0 Å². The lowest BCUT2D eigenvalue weighted by Gasteiger charge is -2.02. The van der Waals surface area contributed by atoms with Gasteiger partial charge in [0, 0.05) is 12.8 Å². The SMILES string of the molecule is CCOC(=O)c1nc(C2CCCC2)sc1C(C)=O. The van der Waals surface area contributed by atoms with Crippen LogP contribution in [0.1, 0.15) is 70.6 Å². The van der Waals surface area contributed by atoms with Crippen molar-refractivity contribution in [1.82, 2.24) is 4.98 Å². The summed E-state index contributed by atoms with van der Waals surface area (Å²) in [5.74, 6) is -0.181. The Hall–Kier alpha value is -1.23. The van der Waals surface area contributed by atoms with Crippen molar-refractivity contribution >= 4 is 23.1 Å². The first-order valence-electron chi connectivity index (χ1n) is 6.32. The quantitative estimate of drug-likeness (QED) is 0.621. The Morgan fingerprint density at radius 2 is 2.06 bits per heavy atom. The number of esters is 1. The summed E-state index contributed by atoms with van der Waals surface area (Å²) in [5.41, 5.74) is 0.205. The lowest BCUT2D eigenvalue weighted by atomic mass is 10.1. The maximum Gasteiger partial charge on any atom is 0.358 e. The number of aromatic nitrogens is 1. The van der Waals surface area contributed by atoms with Gasteiger partial charge in [0.05, 0.1) is 11.6 Å². The second kappa shape index (κ2) is 5.61. The molecule has 0 atom stereocenters. The van der Waals surface area contributed by atoms with E-state index in [0.29, 0.717) is 17.4 Å². The van der Waals surface area contributed by atoms with Crippen molar-refractivity contribution in [2.45, 2.75) is 45.4 Å². The van der Waals surface area contributed by atoms with E-state index in [0.717, 1.165) is 17.8 Å². The molecule has 1 heterocycles. The van der Waals surface area contributed by atoms with E-state index in [1.165, 1.54) is 31.1 Å². The number of hydrogen-bond donors (Lipinski definition) is 0. The van der Waals surface area contributed by atoms with E-state index in [2.05, 4.69) is 4.98 Å². The molecule has 0 aromatic carbocycles. The van der Waals surface area contributed by atoms with E-state index >= 15 is 0 Å². The number of carbonyl (C=O) groups is 2. The summed E-state index contributed by atoms with van der Waals surface area (Å²) < 4.78 is 4.95. The van der Waals surface area contributed by atoms with Crippen molar-refractivity contribution in [2.24, 2.45) is 0 Å². The molecule has 0 bridgehead atoms. The van der Waals surface area contributed by atoms with Gasteiger partial charge in [-0.3, -0.25) is 4.79 Å². The van der Waals surface area contributed by atoms with Gasteiger partial charge in [-0.1, -0.05) is 12.8 Å². The molecule has 1 aliphatic carbocycles. The molecule has 1 fully saturated rings. The number of ketones is 1. The average Bonchev–Trinajstić information content (AvgIpc) is 2.98. The van der Waals surface area contributed by atoms with Gasteiger partial charge in [-0.2, -0.15) is 0 Å². The molecule has 0 unspecified atom stereocenters. The molecule has 0 spiro atoms. The molecule has 0 radical (unpaired) electrons. The van der Waals surface area contributed by atoms with Gasteiger partial charge in [-0.05, 0) is 19.8 Å². The van der Waals surface area contributed by atoms with Crippen LogP contribution >= 0.6 is 11.3 Å². The molecule has 5 heteroatoms. The van der Waals surface area contributed by atoms with Crippen molar-refractivity contribution in [3.05, 3.63) is 15.6 Å². The molecule has 0 N–H and O–H groups in total. The lowest BCUT2D eigenvalue weighted by molar-refractivity contribution is 0.0517. The van der Waals surface area contributed by atoms with E-state index < -0.39 is 5.97 Å². The summed E-state index contributed by atoms with van der Waals surface area (Å²) in [7, 11) is 0. The number of carbonyl (C=O) groups excluding carboxylic acids is 2. The molecular formula is C13H17NO3S. The predicted octanol–water partition coefficient (Wildman–Crippen LogP) is 3.18. The Bertz CT molecular complexity index is 461. The third-order valence-electron chi connectivity index (χ3n) is 3.14. The van der Waals surface area contributed by atoms with Crippen LogP contribution in [0.25, 0.3) is 0 Å². The van der Waals surface area contributed by atoms with Crippen LogP contribution in [-0.4, -0.2) is 23.3 Å². The molecular weight excluding hydrogens is 250 g/mol. The van der Waals surface area contributed by atoms with E-state index in [4.69, 9.17) is 4.74 Å². The van der Waals surface area contributed by atoms with Crippen LogP contribution < -0.4 is 0 Å². The maximum absolute atomic E-state index is 11.8. The number of thiazole rings is 1. The molecule has 1 aliphatic rings. The van der Waals surface area contributed by atoms with E-state index in [1.54, 1.807) is 6.92 Å². The van der Waals surface area contributed by atoms with Crippen LogP contribution in [0.15, 0.2) is 0 Å². The molecule has 98 valence electrons. The molecule has 1 saturated carbocycles. The normalized spacial score (nSPS) is 15.9. The van der Waals surface area contributed by atoms with Crippen LogP contribution in [0, 0.1) is 0 Å².